The van der Waals surface area contributed by atoms with Gasteiger partial charge < -0.3 is 29.4 Å². The number of ether oxygens (including phenoxy) is 3. The fourth-order valence-corrected chi connectivity index (χ4v) is 5.60. The van der Waals surface area contributed by atoms with Gasteiger partial charge in [-0.15, -0.1) is 0 Å². The van der Waals surface area contributed by atoms with E-state index in [4.69, 9.17) is 14.2 Å². The van der Waals surface area contributed by atoms with Crippen molar-refractivity contribution in [2.75, 3.05) is 53.1 Å². The lowest BCUT2D eigenvalue weighted by molar-refractivity contribution is -0.129. The summed E-state index contributed by atoms with van der Waals surface area (Å²) in [5, 5.41) is 6.07. The Labute approximate surface area is 247 Å². The molecule has 2 bridgehead atoms. The number of benzene rings is 2. The normalized spacial score (nSPS) is 19.9. The molecule has 1 saturated heterocycles. The van der Waals surface area contributed by atoms with E-state index in [1.54, 1.807) is 13.3 Å². The Morgan fingerprint density at radius 2 is 1.88 bits per heavy atom. The third-order valence-electron chi connectivity index (χ3n) is 7.82. The van der Waals surface area contributed by atoms with Gasteiger partial charge in [0, 0.05) is 63.8 Å². The van der Waals surface area contributed by atoms with Crippen LogP contribution >= 0.6 is 0 Å². The molecule has 224 valence electrons. The highest BCUT2D eigenvalue weighted by Gasteiger charge is 2.24. The van der Waals surface area contributed by atoms with E-state index in [0.717, 1.165) is 56.0 Å². The number of hydrogen-bond donors (Lipinski definition) is 2. The van der Waals surface area contributed by atoms with Crippen molar-refractivity contribution in [3.05, 3.63) is 66.5 Å². The van der Waals surface area contributed by atoms with Gasteiger partial charge >= 0.3 is 0 Å². The van der Waals surface area contributed by atoms with E-state index in [9.17, 15) is 9.59 Å². The molecular formula is C32H41N5O5. The molecule has 2 aliphatic rings. The molecule has 10 nitrogen and oxygen atoms in total. The average Bonchev–Trinajstić information content (AvgIpc) is 3.48. The van der Waals surface area contributed by atoms with Gasteiger partial charge in [-0.25, -0.2) is 4.98 Å². The second kappa shape index (κ2) is 14.8. The monoisotopic (exact) mass is 575 g/mol. The van der Waals surface area contributed by atoms with Gasteiger partial charge in [0.1, 0.15) is 11.9 Å². The third kappa shape index (κ3) is 8.10. The van der Waals surface area contributed by atoms with Gasteiger partial charge in [-0.2, -0.15) is 0 Å². The molecule has 2 amide bonds. The minimum Gasteiger partial charge on any atom is -0.493 e. The van der Waals surface area contributed by atoms with E-state index in [1.807, 2.05) is 59.3 Å². The van der Waals surface area contributed by atoms with Crippen LogP contribution in [0.3, 0.4) is 0 Å². The first-order valence-electron chi connectivity index (χ1n) is 14.8. The van der Waals surface area contributed by atoms with E-state index in [-0.39, 0.29) is 18.4 Å². The predicted octanol–water partition coefficient (Wildman–Crippen LogP) is 2.91. The molecule has 1 atom stereocenters. The number of nitrogens with zero attached hydrogens (tertiary/aromatic N) is 3. The Kier molecular flexibility index (Phi) is 10.5. The van der Waals surface area contributed by atoms with Crippen molar-refractivity contribution in [3.63, 3.8) is 0 Å². The topological polar surface area (TPSA) is 107 Å². The summed E-state index contributed by atoms with van der Waals surface area (Å²) in [4.78, 5) is 33.5. The molecule has 1 fully saturated rings. The van der Waals surface area contributed by atoms with Crippen molar-refractivity contribution in [1.29, 1.82) is 0 Å². The molecule has 0 unspecified atom stereocenters. The number of nitrogens with one attached hydrogen (secondary N) is 2. The van der Waals surface area contributed by atoms with E-state index in [0.29, 0.717) is 50.1 Å². The van der Waals surface area contributed by atoms with E-state index in [2.05, 4.69) is 20.5 Å². The second-order valence-corrected chi connectivity index (χ2v) is 10.9. The number of rotatable bonds is 5. The standard InChI is InChI=1S/C32H41N5O5/c1-40-28-9-8-26-21-29(28)42-17-5-14-36(22-25-10-18-41-19-11-25)23-30(38)35-27(20-24-6-3-2-4-7-24)32(39)34-13-16-37-15-12-33-31(26)37/h2-4,6-9,12,15,21,25,27H,5,10-11,13-14,16-20,22-23H2,1H3,(H,34,39)(H,35,38)/t27-/m0/s1. The Morgan fingerprint density at radius 1 is 1.05 bits per heavy atom. The lowest BCUT2D eigenvalue weighted by Gasteiger charge is -2.30. The van der Waals surface area contributed by atoms with Crippen LogP contribution in [0, 0.1) is 5.92 Å². The summed E-state index contributed by atoms with van der Waals surface area (Å²) in [7, 11) is 1.63. The summed E-state index contributed by atoms with van der Waals surface area (Å²) in [6, 6.07) is 14.9. The van der Waals surface area contributed by atoms with Gasteiger partial charge in [0.2, 0.25) is 11.8 Å². The molecule has 2 aliphatic heterocycles. The largest absolute Gasteiger partial charge is 0.493 e. The molecule has 2 aromatic carbocycles. The van der Waals surface area contributed by atoms with E-state index >= 15 is 0 Å². The molecule has 0 spiro atoms. The zero-order valence-corrected chi connectivity index (χ0v) is 24.3. The number of aromatic nitrogens is 2. The first-order valence-corrected chi connectivity index (χ1v) is 14.8. The molecule has 0 aliphatic carbocycles. The maximum absolute atomic E-state index is 13.4. The van der Waals surface area contributed by atoms with Crippen LogP contribution < -0.4 is 20.1 Å². The molecule has 5 rings (SSSR count). The molecule has 3 heterocycles. The summed E-state index contributed by atoms with van der Waals surface area (Å²) in [5.41, 5.74) is 1.89. The second-order valence-electron chi connectivity index (χ2n) is 10.9. The number of methoxy groups -OCH3 is 1. The minimum atomic E-state index is -0.682. The van der Waals surface area contributed by atoms with Crippen LogP contribution in [0.5, 0.6) is 11.5 Å². The van der Waals surface area contributed by atoms with Crippen molar-refractivity contribution in [3.8, 4) is 22.9 Å². The number of amides is 2. The Balaban J connectivity index is 1.38. The van der Waals surface area contributed by atoms with Crippen molar-refractivity contribution >= 4 is 11.8 Å². The van der Waals surface area contributed by atoms with Gasteiger partial charge in [0.15, 0.2) is 11.5 Å². The van der Waals surface area contributed by atoms with Crippen LogP contribution in [0.1, 0.15) is 24.8 Å². The summed E-state index contributed by atoms with van der Waals surface area (Å²) >= 11 is 0. The molecule has 0 radical (unpaired) electrons. The summed E-state index contributed by atoms with van der Waals surface area (Å²) in [6.45, 7) is 4.59. The number of carbonyl (C=O) groups is 2. The fraction of sp³-hybridized carbons (Fsp3) is 0.469. The van der Waals surface area contributed by atoms with Crippen LogP contribution in [0.15, 0.2) is 60.9 Å². The molecule has 3 aromatic rings. The zero-order valence-electron chi connectivity index (χ0n) is 24.3. The smallest absolute Gasteiger partial charge is 0.242 e. The Morgan fingerprint density at radius 3 is 2.69 bits per heavy atom. The number of fused-ring (bicyclic) bond motifs is 4. The maximum Gasteiger partial charge on any atom is 0.242 e. The summed E-state index contributed by atoms with van der Waals surface area (Å²) in [5.74, 6) is 2.18. The molecule has 10 heteroatoms. The number of imidazole rings is 1. The molecule has 42 heavy (non-hydrogen) atoms. The highest BCUT2D eigenvalue weighted by Crippen LogP contribution is 2.32. The third-order valence-corrected chi connectivity index (χ3v) is 7.82. The van der Waals surface area contributed by atoms with Crippen molar-refractivity contribution in [2.45, 2.75) is 38.3 Å². The lowest BCUT2D eigenvalue weighted by Crippen LogP contribution is -2.51. The SMILES string of the molecule is COc1ccc2cc1OCCCN(CC1CCOCC1)CC(=O)N[C@@H](Cc1ccccc1)C(=O)NCCn1ccnc1-2. The van der Waals surface area contributed by atoms with Gasteiger partial charge in [-0.3, -0.25) is 14.5 Å². The fourth-order valence-electron chi connectivity index (χ4n) is 5.60. The lowest BCUT2D eigenvalue weighted by atomic mass is 9.99. The van der Waals surface area contributed by atoms with Crippen LogP contribution in [0.4, 0.5) is 0 Å². The van der Waals surface area contributed by atoms with Crippen LogP contribution in [0.2, 0.25) is 0 Å². The first kappa shape index (κ1) is 29.6. The molecule has 1 aromatic heterocycles. The van der Waals surface area contributed by atoms with Gasteiger partial charge in [-0.05, 0) is 48.9 Å². The maximum atomic E-state index is 13.4. The summed E-state index contributed by atoms with van der Waals surface area (Å²) < 4.78 is 19.3. The van der Waals surface area contributed by atoms with Crippen molar-refractivity contribution < 1.29 is 23.8 Å². The van der Waals surface area contributed by atoms with Crippen molar-refractivity contribution in [2.24, 2.45) is 5.92 Å². The molecule has 0 saturated carbocycles. The quantitative estimate of drug-likeness (QED) is 0.482. The van der Waals surface area contributed by atoms with Gasteiger partial charge in [0.25, 0.3) is 0 Å². The Hall–Kier alpha value is -3.89. The van der Waals surface area contributed by atoms with Gasteiger partial charge in [-0.1, -0.05) is 30.3 Å². The van der Waals surface area contributed by atoms with Crippen molar-refractivity contribution in [1.82, 2.24) is 25.1 Å². The minimum absolute atomic E-state index is 0.161. The van der Waals surface area contributed by atoms with E-state index < -0.39 is 6.04 Å². The van der Waals surface area contributed by atoms with E-state index in [1.165, 1.54) is 0 Å². The van der Waals surface area contributed by atoms with Gasteiger partial charge in [0.05, 0.1) is 20.3 Å². The molecule has 2 N–H and O–H groups in total. The zero-order chi connectivity index (χ0) is 29.1. The predicted molar refractivity (Wildman–Crippen MR) is 159 cm³/mol. The number of carbonyl (C=O) groups excluding carboxylic acids is 2. The van der Waals surface area contributed by atoms with Crippen LogP contribution in [-0.4, -0.2) is 85.4 Å². The highest BCUT2D eigenvalue weighted by molar-refractivity contribution is 5.88. The highest BCUT2D eigenvalue weighted by atomic mass is 16.5. The summed E-state index contributed by atoms with van der Waals surface area (Å²) in [6.07, 6.45) is 6.74. The van der Waals surface area contributed by atoms with Crippen LogP contribution in [-0.2, 0) is 27.3 Å². The first-order chi connectivity index (χ1) is 20.6. The number of hydrogen-bond acceptors (Lipinski definition) is 7. The van der Waals surface area contributed by atoms with Crippen LogP contribution in [0.25, 0.3) is 11.4 Å². The molecular weight excluding hydrogens is 534 g/mol. The average molecular weight is 576 g/mol. The Bertz CT molecular complexity index is 1310.